The highest BCUT2D eigenvalue weighted by atomic mass is 15.1. The van der Waals surface area contributed by atoms with Gasteiger partial charge in [-0.1, -0.05) is 24.6 Å². The number of aromatic nitrogens is 2. The Morgan fingerprint density at radius 2 is 2.05 bits per heavy atom. The molecule has 1 aromatic carbocycles. The normalized spacial score (nSPS) is 14.4. The number of imidazole rings is 1. The highest BCUT2D eigenvalue weighted by Gasteiger charge is 2.19. The van der Waals surface area contributed by atoms with Gasteiger partial charge >= 0.3 is 0 Å². The fraction of sp³-hybridized carbons (Fsp3) is 0.438. The highest BCUT2D eigenvalue weighted by Crippen LogP contribution is 2.22. The largest absolute Gasteiger partial charge is 0.311 e. The van der Waals surface area contributed by atoms with Crippen molar-refractivity contribution in [1.82, 2.24) is 14.9 Å². The summed E-state index contributed by atoms with van der Waals surface area (Å²) in [5, 5.41) is 3.41. The van der Waals surface area contributed by atoms with Crippen molar-refractivity contribution in [2.45, 2.75) is 39.7 Å². The molecule has 3 rings (SSSR count). The van der Waals surface area contributed by atoms with Crippen LogP contribution in [0.3, 0.4) is 0 Å². The van der Waals surface area contributed by atoms with Crippen molar-refractivity contribution < 1.29 is 0 Å². The molecule has 0 fully saturated rings. The predicted molar refractivity (Wildman–Crippen MR) is 77.7 cm³/mol. The minimum Gasteiger partial charge on any atom is -0.311 e. The molecule has 1 aromatic heterocycles. The number of hydrogen-bond acceptors (Lipinski definition) is 2. The summed E-state index contributed by atoms with van der Waals surface area (Å²) in [4.78, 5) is 4.84. The minimum absolute atomic E-state index is 0.908. The molecular weight excluding hydrogens is 234 g/mol. The van der Waals surface area contributed by atoms with Crippen LogP contribution >= 0.6 is 0 Å². The zero-order valence-electron chi connectivity index (χ0n) is 11.7. The summed E-state index contributed by atoms with van der Waals surface area (Å²) in [6, 6.07) is 8.77. The molecule has 0 bridgehead atoms. The van der Waals surface area contributed by atoms with Crippen molar-refractivity contribution >= 4 is 0 Å². The first kappa shape index (κ1) is 12.4. The summed E-state index contributed by atoms with van der Waals surface area (Å²) in [6.45, 7) is 6.30. The Labute approximate surface area is 114 Å². The van der Waals surface area contributed by atoms with Crippen LogP contribution in [-0.4, -0.2) is 16.1 Å². The van der Waals surface area contributed by atoms with E-state index in [4.69, 9.17) is 4.98 Å². The maximum atomic E-state index is 4.84. The fourth-order valence-corrected chi connectivity index (χ4v) is 2.76. The quantitative estimate of drug-likeness (QED) is 0.914. The zero-order valence-corrected chi connectivity index (χ0v) is 11.7. The molecule has 0 saturated carbocycles. The van der Waals surface area contributed by atoms with Crippen LogP contribution in [-0.2, 0) is 19.4 Å². The smallest absolute Gasteiger partial charge is 0.113 e. The maximum Gasteiger partial charge on any atom is 0.113 e. The van der Waals surface area contributed by atoms with Gasteiger partial charge in [-0.3, -0.25) is 0 Å². The number of nitrogens with one attached hydrogen (secondary N) is 1. The Morgan fingerprint density at radius 1 is 1.26 bits per heavy atom. The molecule has 2 aromatic rings. The third kappa shape index (κ3) is 2.30. The van der Waals surface area contributed by atoms with Crippen molar-refractivity contribution in [3.63, 3.8) is 0 Å². The van der Waals surface area contributed by atoms with E-state index in [1.54, 1.807) is 0 Å². The molecule has 0 amide bonds. The first-order chi connectivity index (χ1) is 9.29. The summed E-state index contributed by atoms with van der Waals surface area (Å²) < 4.78 is 2.37. The molecule has 2 heterocycles. The van der Waals surface area contributed by atoms with Crippen molar-refractivity contribution in [1.29, 1.82) is 0 Å². The second-order valence-electron chi connectivity index (χ2n) is 5.27. The minimum atomic E-state index is 0.908. The number of fused-ring (bicyclic) bond motifs is 1. The van der Waals surface area contributed by atoms with E-state index in [1.165, 1.54) is 28.5 Å². The third-order valence-corrected chi connectivity index (χ3v) is 3.72. The van der Waals surface area contributed by atoms with Gasteiger partial charge in [-0.05, 0) is 25.5 Å². The number of benzene rings is 1. The highest BCUT2D eigenvalue weighted by molar-refractivity contribution is 5.40. The van der Waals surface area contributed by atoms with Crippen LogP contribution in [0.25, 0.3) is 5.69 Å². The van der Waals surface area contributed by atoms with E-state index in [1.807, 2.05) is 0 Å². The van der Waals surface area contributed by atoms with Crippen LogP contribution in [0.2, 0.25) is 0 Å². The SMILES string of the molecule is CCCc1nc2c(n1-c1ccc(C)cc1)CCNC2. The van der Waals surface area contributed by atoms with Crippen molar-refractivity contribution in [3.05, 3.63) is 47.0 Å². The molecule has 0 unspecified atom stereocenters. The number of aryl methyl sites for hydroxylation is 2. The van der Waals surface area contributed by atoms with E-state index in [0.29, 0.717) is 0 Å². The molecule has 0 aliphatic carbocycles. The van der Waals surface area contributed by atoms with Crippen molar-refractivity contribution in [2.75, 3.05) is 6.54 Å². The molecule has 3 heteroatoms. The molecule has 0 atom stereocenters. The molecular formula is C16H21N3. The lowest BCUT2D eigenvalue weighted by atomic mass is 10.1. The van der Waals surface area contributed by atoms with Crippen LogP contribution in [0.1, 0.15) is 36.1 Å². The van der Waals surface area contributed by atoms with Gasteiger partial charge in [0, 0.05) is 37.3 Å². The van der Waals surface area contributed by atoms with Gasteiger partial charge in [0.1, 0.15) is 5.82 Å². The molecule has 100 valence electrons. The second kappa shape index (κ2) is 5.17. The Balaban J connectivity index is 2.11. The summed E-state index contributed by atoms with van der Waals surface area (Å²) in [7, 11) is 0. The summed E-state index contributed by atoms with van der Waals surface area (Å²) >= 11 is 0. The molecule has 1 aliphatic rings. The van der Waals surface area contributed by atoms with Gasteiger partial charge in [0.2, 0.25) is 0 Å². The summed E-state index contributed by atoms with van der Waals surface area (Å²) in [5.41, 5.74) is 5.18. The van der Waals surface area contributed by atoms with Gasteiger partial charge in [-0.2, -0.15) is 0 Å². The maximum absolute atomic E-state index is 4.84. The Kier molecular flexibility index (Phi) is 3.38. The van der Waals surface area contributed by atoms with E-state index >= 15 is 0 Å². The average molecular weight is 255 g/mol. The standard InChI is InChI=1S/C16H21N3/c1-3-4-16-18-14-11-17-10-9-15(14)19(16)13-7-5-12(2)6-8-13/h5-8,17H,3-4,9-11H2,1-2H3. The Hall–Kier alpha value is -1.61. The Bertz CT molecular complexity index is 566. The summed E-state index contributed by atoms with van der Waals surface area (Å²) in [6.07, 6.45) is 3.25. The molecule has 3 nitrogen and oxygen atoms in total. The van der Waals surface area contributed by atoms with Crippen LogP contribution in [0.15, 0.2) is 24.3 Å². The van der Waals surface area contributed by atoms with E-state index in [2.05, 4.69) is 48.0 Å². The van der Waals surface area contributed by atoms with Gasteiger partial charge < -0.3 is 9.88 Å². The molecule has 1 N–H and O–H groups in total. The van der Waals surface area contributed by atoms with Gasteiger partial charge in [0.05, 0.1) is 5.69 Å². The predicted octanol–water partition coefficient (Wildman–Crippen LogP) is 2.78. The summed E-state index contributed by atoms with van der Waals surface area (Å²) in [5.74, 6) is 1.21. The van der Waals surface area contributed by atoms with E-state index in [-0.39, 0.29) is 0 Å². The first-order valence-electron chi connectivity index (χ1n) is 7.16. The first-order valence-corrected chi connectivity index (χ1v) is 7.16. The van der Waals surface area contributed by atoms with Crippen LogP contribution in [0, 0.1) is 6.92 Å². The van der Waals surface area contributed by atoms with Crippen LogP contribution in [0.5, 0.6) is 0 Å². The lowest BCUT2D eigenvalue weighted by Gasteiger charge is -2.16. The van der Waals surface area contributed by atoms with Gasteiger partial charge in [0.25, 0.3) is 0 Å². The van der Waals surface area contributed by atoms with E-state index in [9.17, 15) is 0 Å². The Morgan fingerprint density at radius 3 is 2.79 bits per heavy atom. The average Bonchev–Trinajstić information content (AvgIpc) is 2.78. The van der Waals surface area contributed by atoms with Gasteiger partial charge in [-0.15, -0.1) is 0 Å². The molecule has 0 saturated heterocycles. The molecule has 0 radical (unpaired) electrons. The molecule has 1 aliphatic heterocycles. The monoisotopic (exact) mass is 255 g/mol. The lowest BCUT2D eigenvalue weighted by Crippen LogP contribution is -2.24. The van der Waals surface area contributed by atoms with E-state index < -0.39 is 0 Å². The van der Waals surface area contributed by atoms with Crippen molar-refractivity contribution in [3.8, 4) is 5.69 Å². The topological polar surface area (TPSA) is 29.9 Å². The zero-order chi connectivity index (χ0) is 13.2. The van der Waals surface area contributed by atoms with Gasteiger partial charge in [-0.25, -0.2) is 4.98 Å². The van der Waals surface area contributed by atoms with E-state index in [0.717, 1.165) is 32.4 Å². The number of nitrogens with zero attached hydrogens (tertiary/aromatic N) is 2. The second-order valence-corrected chi connectivity index (χ2v) is 5.27. The fourth-order valence-electron chi connectivity index (χ4n) is 2.76. The number of hydrogen-bond donors (Lipinski definition) is 1. The van der Waals surface area contributed by atoms with Crippen molar-refractivity contribution in [2.24, 2.45) is 0 Å². The lowest BCUT2D eigenvalue weighted by molar-refractivity contribution is 0.619. The van der Waals surface area contributed by atoms with Crippen LogP contribution in [0.4, 0.5) is 0 Å². The molecule has 19 heavy (non-hydrogen) atoms. The molecule has 0 spiro atoms. The van der Waals surface area contributed by atoms with Crippen LogP contribution < -0.4 is 5.32 Å². The number of rotatable bonds is 3. The third-order valence-electron chi connectivity index (χ3n) is 3.72. The van der Waals surface area contributed by atoms with Gasteiger partial charge in [0.15, 0.2) is 0 Å².